The molecule has 0 spiro atoms. The molecular formula is C10H21N3O. The molecular weight excluding hydrogens is 178 g/mol. The fourth-order valence-electron chi connectivity index (χ4n) is 1.71. The van der Waals surface area contributed by atoms with Gasteiger partial charge in [-0.15, -0.1) is 0 Å². The number of piperazine rings is 1. The van der Waals surface area contributed by atoms with Crippen molar-refractivity contribution in [3.63, 3.8) is 0 Å². The molecule has 4 heteroatoms. The van der Waals surface area contributed by atoms with Crippen LogP contribution in [0.15, 0.2) is 0 Å². The number of hydrogen-bond acceptors (Lipinski definition) is 3. The number of hydrogen-bond donors (Lipinski definition) is 1. The van der Waals surface area contributed by atoms with Gasteiger partial charge in [-0.05, 0) is 26.6 Å². The lowest BCUT2D eigenvalue weighted by atomic mass is 10.3. The molecule has 1 aliphatic rings. The molecule has 1 fully saturated rings. The molecule has 0 aliphatic carbocycles. The van der Waals surface area contributed by atoms with E-state index < -0.39 is 0 Å². The van der Waals surface area contributed by atoms with Crippen LogP contribution in [0.2, 0.25) is 0 Å². The zero-order valence-electron chi connectivity index (χ0n) is 9.25. The molecule has 0 saturated carbocycles. The molecule has 0 radical (unpaired) electrons. The Morgan fingerprint density at radius 1 is 1.43 bits per heavy atom. The van der Waals surface area contributed by atoms with E-state index in [1.54, 1.807) is 0 Å². The van der Waals surface area contributed by atoms with Gasteiger partial charge in [0.05, 0.1) is 6.54 Å². The third-order valence-corrected chi connectivity index (χ3v) is 2.70. The van der Waals surface area contributed by atoms with Crippen molar-refractivity contribution in [3.8, 4) is 0 Å². The number of likely N-dealkylation sites (N-methyl/N-ethyl adjacent to an activating group) is 1. The van der Waals surface area contributed by atoms with Crippen LogP contribution in [0.3, 0.4) is 0 Å². The van der Waals surface area contributed by atoms with E-state index in [1.807, 2.05) is 11.9 Å². The number of amides is 1. The third-order valence-electron chi connectivity index (χ3n) is 2.70. The fraction of sp³-hybridized carbons (Fsp3) is 0.900. The lowest BCUT2D eigenvalue weighted by Crippen LogP contribution is -2.50. The van der Waals surface area contributed by atoms with E-state index in [9.17, 15) is 4.79 Å². The van der Waals surface area contributed by atoms with Gasteiger partial charge in [-0.3, -0.25) is 9.69 Å². The summed E-state index contributed by atoms with van der Waals surface area (Å²) >= 11 is 0. The van der Waals surface area contributed by atoms with Gasteiger partial charge >= 0.3 is 0 Å². The largest absolute Gasteiger partial charge is 0.340 e. The summed E-state index contributed by atoms with van der Waals surface area (Å²) in [5.41, 5.74) is 0. The summed E-state index contributed by atoms with van der Waals surface area (Å²) in [4.78, 5) is 15.8. The Balaban J connectivity index is 2.24. The van der Waals surface area contributed by atoms with E-state index in [-0.39, 0.29) is 5.91 Å². The Hall–Kier alpha value is -0.610. The molecule has 14 heavy (non-hydrogen) atoms. The molecule has 1 aliphatic heterocycles. The monoisotopic (exact) mass is 199 g/mol. The van der Waals surface area contributed by atoms with Crippen LogP contribution in [0, 0.1) is 0 Å². The molecule has 0 unspecified atom stereocenters. The summed E-state index contributed by atoms with van der Waals surface area (Å²) in [5, 5.41) is 3.09. The summed E-state index contributed by atoms with van der Waals surface area (Å²) in [5.74, 6) is 0.286. The van der Waals surface area contributed by atoms with Crippen molar-refractivity contribution in [2.75, 3.05) is 46.3 Å². The van der Waals surface area contributed by atoms with Crippen LogP contribution < -0.4 is 5.32 Å². The second-order valence-electron chi connectivity index (χ2n) is 3.71. The van der Waals surface area contributed by atoms with Crippen molar-refractivity contribution in [1.82, 2.24) is 15.1 Å². The molecule has 1 amide bonds. The molecule has 0 bridgehead atoms. The minimum absolute atomic E-state index is 0.286. The van der Waals surface area contributed by atoms with Crippen LogP contribution in [0.4, 0.5) is 0 Å². The summed E-state index contributed by atoms with van der Waals surface area (Å²) in [7, 11) is 1.94. The second-order valence-corrected chi connectivity index (χ2v) is 3.71. The maximum atomic E-state index is 11.6. The van der Waals surface area contributed by atoms with E-state index in [1.165, 1.54) is 0 Å². The molecule has 1 rings (SSSR count). The Labute approximate surface area is 86.2 Å². The topological polar surface area (TPSA) is 35.6 Å². The van der Waals surface area contributed by atoms with Crippen LogP contribution in [-0.4, -0.2) is 62.0 Å². The maximum Gasteiger partial charge on any atom is 0.236 e. The lowest BCUT2D eigenvalue weighted by molar-refractivity contribution is -0.135. The van der Waals surface area contributed by atoms with Gasteiger partial charge in [0.25, 0.3) is 0 Å². The molecule has 1 N–H and O–H groups in total. The standard InChI is InChI=1S/C10H21N3O/c1-3-12-7-8-13(10(14)9-12)6-4-5-11-2/h11H,3-9H2,1-2H3. The minimum atomic E-state index is 0.286. The first-order valence-corrected chi connectivity index (χ1v) is 5.42. The third kappa shape index (κ3) is 3.27. The van der Waals surface area contributed by atoms with Crippen LogP contribution in [0.1, 0.15) is 13.3 Å². The highest BCUT2D eigenvalue weighted by molar-refractivity contribution is 5.78. The number of nitrogens with one attached hydrogen (secondary N) is 1. The van der Waals surface area contributed by atoms with E-state index in [4.69, 9.17) is 0 Å². The smallest absolute Gasteiger partial charge is 0.236 e. The zero-order chi connectivity index (χ0) is 10.4. The average Bonchev–Trinajstić information content (AvgIpc) is 2.20. The molecule has 1 saturated heterocycles. The predicted molar refractivity (Wildman–Crippen MR) is 57.2 cm³/mol. The summed E-state index contributed by atoms with van der Waals surface area (Å²) in [6.07, 6.45) is 1.05. The molecule has 0 aromatic carbocycles. The molecule has 0 aromatic rings. The van der Waals surface area contributed by atoms with Crippen molar-refractivity contribution in [2.24, 2.45) is 0 Å². The van der Waals surface area contributed by atoms with Crippen LogP contribution in [0.25, 0.3) is 0 Å². The number of carbonyl (C=O) groups excluding carboxylic acids is 1. The number of rotatable bonds is 5. The molecule has 82 valence electrons. The van der Waals surface area contributed by atoms with E-state index in [0.29, 0.717) is 6.54 Å². The zero-order valence-corrected chi connectivity index (χ0v) is 9.25. The Bertz CT molecular complexity index is 182. The van der Waals surface area contributed by atoms with E-state index in [2.05, 4.69) is 17.1 Å². The average molecular weight is 199 g/mol. The van der Waals surface area contributed by atoms with Gasteiger partial charge in [0, 0.05) is 19.6 Å². The lowest BCUT2D eigenvalue weighted by Gasteiger charge is -2.33. The van der Waals surface area contributed by atoms with Crippen molar-refractivity contribution in [3.05, 3.63) is 0 Å². The second kappa shape index (κ2) is 5.98. The Morgan fingerprint density at radius 2 is 2.21 bits per heavy atom. The summed E-state index contributed by atoms with van der Waals surface area (Å²) in [6, 6.07) is 0. The first-order chi connectivity index (χ1) is 6.77. The van der Waals surface area contributed by atoms with Crippen LogP contribution in [-0.2, 0) is 4.79 Å². The van der Waals surface area contributed by atoms with Crippen molar-refractivity contribution in [1.29, 1.82) is 0 Å². The molecule has 4 nitrogen and oxygen atoms in total. The Morgan fingerprint density at radius 3 is 2.79 bits per heavy atom. The number of carbonyl (C=O) groups is 1. The van der Waals surface area contributed by atoms with Gasteiger partial charge in [-0.2, -0.15) is 0 Å². The molecule has 1 heterocycles. The summed E-state index contributed by atoms with van der Waals surface area (Å²) < 4.78 is 0. The Kier molecular flexibility index (Phi) is 4.90. The van der Waals surface area contributed by atoms with Crippen molar-refractivity contribution < 1.29 is 4.79 Å². The maximum absolute atomic E-state index is 11.6. The highest BCUT2D eigenvalue weighted by atomic mass is 16.2. The van der Waals surface area contributed by atoms with Gasteiger partial charge < -0.3 is 10.2 Å². The predicted octanol–water partition coefficient (Wildman–Crippen LogP) is -0.240. The highest BCUT2D eigenvalue weighted by Gasteiger charge is 2.21. The van der Waals surface area contributed by atoms with Gasteiger partial charge in [-0.25, -0.2) is 0 Å². The minimum Gasteiger partial charge on any atom is -0.340 e. The van der Waals surface area contributed by atoms with E-state index in [0.717, 1.165) is 39.1 Å². The van der Waals surface area contributed by atoms with Gasteiger partial charge in [0.1, 0.15) is 0 Å². The molecule has 0 atom stereocenters. The van der Waals surface area contributed by atoms with Gasteiger partial charge in [0.15, 0.2) is 0 Å². The molecule has 0 aromatic heterocycles. The highest BCUT2D eigenvalue weighted by Crippen LogP contribution is 2.03. The normalized spacial score (nSPS) is 19.0. The number of nitrogens with zero attached hydrogens (tertiary/aromatic N) is 2. The van der Waals surface area contributed by atoms with Crippen LogP contribution in [0.5, 0.6) is 0 Å². The fourth-order valence-corrected chi connectivity index (χ4v) is 1.71. The van der Waals surface area contributed by atoms with Gasteiger partial charge in [-0.1, -0.05) is 6.92 Å². The van der Waals surface area contributed by atoms with Crippen LogP contribution >= 0.6 is 0 Å². The van der Waals surface area contributed by atoms with Crippen molar-refractivity contribution in [2.45, 2.75) is 13.3 Å². The van der Waals surface area contributed by atoms with Crippen molar-refractivity contribution >= 4 is 5.91 Å². The SMILES string of the molecule is CCN1CCN(CCCNC)C(=O)C1. The first-order valence-electron chi connectivity index (χ1n) is 5.42. The van der Waals surface area contributed by atoms with E-state index >= 15 is 0 Å². The quantitative estimate of drug-likeness (QED) is 0.621. The van der Waals surface area contributed by atoms with Gasteiger partial charge in [0.2, 0.25) is 5.91 Å². The summed E-state index contributed by atoms with van der Waals surface area (Å²) in [6.45, 7) is 7.51. The first kappa shape index (κ1) is 11.5.